The van der Waals surface area contributed by atoms with Crippen molar-refractivity contribution in [3.8, 4) is 0 Å². The number of hydrogen-bond acceptors (Lipinski definition) is 5. The van der Waals surface area contributed by atoms with Crippen molar-refractivity contribution in [3.05, 3.63) is 36.5 Å². The monoisotopic (exact) mass is 886 g/mol. The second-order valence-electron chi connectivity index (χ2n) is 18.9. The molecule has 0 aromatic rings. The van der Waals surface area contributed by atoms with E-state index in [-0.39, 0.29) is 18.5 Å². The van der Waals surface area contributed by atoms with Gasteiger partial charge in [0.1, 0.15) is 0 Å². The van der Waals surface area contributed by atoms with Gasteiger partial charge >= 0.3 is 5.97 Å². The molecular formula is C57H107NO5. The minimum absolute atomic E-state index is 0.00588. The van der Waals surface area contributed by atoms with Crippen LogP contribution in [-0.4, -0.2) is 47.4 Å². The summed E-state index contributed by atoms with van der Waals surface area (Å²) in [5.41, 5.74) is 0. The Bertz CT molecular complexity index is 1020. The van der Waals surface area contributed by atoms with E-state index in [9.17, 15) is 19.8 Å². The third kappa shape index (κ3) is 49.4. The summed E-state index contributed by atoms with van der Waals surface area (Å²) in [6, 6.07) is -0.545. The van der Waals surface area contributed by atoms with Gasteiger partial charge in [-0.05, 0) is 77.0 Å². The molecule has 0 heterocycles. The van der Waals surface area contributed by atoms with Crippen LogP contribution in [0.15, 0.2) is 36.5 Å². The lowest BCUT2D eigenvalue weighted by atomic mass is 10.0. The van der Waals surface area contributed by atoms with E-state index in [0.29, 0.717) is 25.9 Å². The molecule has 0 aliphatic carbocycles. The van der Waals surface area contributed by atoms with E-state index in [4.69, 9.17) is 4.74 Å². The number of esters is 1. The molecule has 0 spiro atoms. The molecule has 1 amide bonds. The van der Waals surface area contributed by atoms with Crippen LogP contribution in [0.4, 0.5) is 0 Å². The van der Waals surface area contributed by atoms with E-state index in [1.165, 1.54) is 205 Å². The number of amides is 1. The van der Waals surface area contributed by atoms with Gasteiger partial charge < -0.3 is 20.3 Å². The Morgan fingerprint density at radius 3 is 1.29 bits per heavy atom. The van der Waals surface area contributed by atoms with E-state index in [2.05, 4.69) is 55.6 Å². The van der Waals surface area contributed by atoms with Crippen LogP contribution >= 0.6 is 0 Å². The van der Waals surface area contributed by atoms with Gasteiger partial charge in [0.2, 0.25) is 5.91 Å². The molecule has 6 nitrogen and oxygen atoms in total. The van der Waals surface area contributed by atoms with Crippen molar-refractivity contribution in [1.82, 2.24) is 5.32 Å². The average molecular weight is 886 g/mol. The molecule has 0 aromatic heterocycles. The fourth-order valence-electron chi connectivity index (χ4n) is 8.38. The Labute approximate surface area is 392 Å². The first-order valence-corrected chi connectivity index (χ1v) is 27.7. The van der Waals surface area contributed by atoms with Crippen LogP contribution in [-0.2, 0) is 14.3 Å². The fourth-order valence-corrected chi connectivity index (χ4v) is 8.38. The Morgan fingerprint density at radius 1 is 0.444 bits per heavy atom. The van der Waals surface area contributed by atoms with Gasteiger partial charge in [-0.15, -0.1) is 0 Å². The SMILES string of the molecule is CCC/C=C\C/C=C\CCCCCCCC(=O)OCCCCCCCCCCCCC/C=C\CCCCCCCCCC(=O)NC(CO)C(O)CCCCCCCCCCCCC. The van der Waals surface area contributed by atoms with E-state index < -0.39 is 12.1 Å². The number of allylic oxidation sites excluding steroid dienone is 6. The predicted molar refractivity (Wildman–Crippen MR) is 273 cm³/mol. The van der Waals surface area contributed by atoms with Crippen LogP contribution in [0, 0.1) is 0 Å². The summed E-state index contributed by atoms with van der Waals surface area (Å²) in [7, 11) is 0. The van der Waals surface area contributed by atoms with Crippen LogP contribution in [0.1, 0.15) is 290 Å². The Kier molecular flexibility index (Phi) is 51.1. The average Bonchev–Trinajstić information content (AvgIpc) is 3.28. The van der Waals surface area contributed by atoms with Gasteiger partial charge in [0.25, 0.3) is 0 Å². The molecular weight excluding hydrogens is 779 g/mol. The molecule has 0 aromatic carbocycles. The Morgan fingerprint density at radius 2 is 0.825 bits per heavy atom. The van der Waals surface area contributed by atoms with Crippen molar-refractivity contribution >= 4 is 11.9 Å². The molecule has 370 valence electrons. The fraction of sp³-hybridized carbons (Fsp3) is 0.860. The first kappa shape index (κ1) is 61.1. The lowest BCUT2D eigenvalue weighted by molar-refractivity contribution is -0.143. The standard InChI is InChI=1S/C57H107NO5/c1-3-5-7-9-11-13-15-26-31-35-39-43-47-51-57(62)63-52-48-44-40-36-32-28-25-23-21-19-17-16-18-20-22-24-27-30-34-38-42-46-50-56(61)58-54(53-59)55(60)49-45-41-37-33-29-14-12-10-8-6-4-2/h7,9,13,15,18,20,54-55,59-60H,3-6,8,10-12,14,16-17,19,21-53H2,1-2H3,(H,58,61)/b9-7-,15-13-,20-18-. The molecule has 6 heteroatoms. The van der Waals surface area contributed by atoms with Gasteiger partial charge in [-0.1, -0.05) is 237 Å². The first-order valence-electron chi connectivity index (χ1n) is 27.7. The van der Waals surface area contributed by atoms with Crippen molar-refractivity contribution in [2.45, 2.75) is 302 Å². The molecule has 0 bridgehead atoms. The first-order chi connectivity index (χ1) is 31.0. The Hall–Kier alpha value is -1.92. The summed E-state index contributed by atoms with van der Waals surface area (Å²) in [4.78, 5) is 24.4. The molecule has 3 N–H and O–H groups in total. The molecule has 0 rings (SSSR count). The summed E-state index contributed by atoms with van der Waals surface area (Å²) >= 11 is 0. The minimum Gasteiger partial charge on any atom is -0.466 e. The second-order valence-corrected chi connectivity index (χ2v) is 18.9. The molecule has 0 aliphatic rings. The quantitative estimate of drug-likeness (QED) is 0.0321. The third-order valence-corrected chi connectivity index (χ3v) is 12.6. The normalized spacial score (nSPS) is 12.9. The summed E-state index contributed by atoms with van der Waals surface area (Å²) in [5.74, 6) is -0.0494. The van der Waals surface area contributed by atoms with Gasteiger partial charge in [-0.2, -0.15) is 0 Å². The summed E-state index contributed by atoms with van der Waals surface area (Å²) in [5, 5.41) is 23.2. The molecule has 63 heavy (non-hydrogen) atoms. The molecule has 0 saturated carbocycles. The smallest absolute Gasteiger partial charge is 0.305 e. The van der Waals surface area contributed by atoms with Gasteiger partial charge in [0, 0.05) is 12.8 Å². The molecule has 2 atom stereocenters. The maximum Gasteiger partial charge on any atom is 0.305 e. The van der Waals surface area contributed by atoms with Crippen LogP contribution in [0.3, 0.4) is 0 Å². The van der Waals surface area contributed by atoms with Crippen LogP contribution in [0.2, 0.25) is 0 Å². The zero-order valence-electron chi connectivity index (χ0n) is 42.1. The topological polar surface area (TPSA) is 95.9 Å². The van der Waals surface area contributed by atoms with Crippen LogP contribution in [0.5, 0.6) is 0 Å². The molecule has 0 aliphatic heterocycles. The number of carbonyl (C=O) groups excluding carboxylic acids is 2. The zero-order valence-corrected chi connectivity index (χ0v) is 42.1. The highest BCUT2D eigenvalue weighted by Gasteiger charge is 2.20. The summed E-state index contributed by atoms with van der Waals surface area (Å²) < 4.78 is 5.46. The lowest BCUT2D eigenvalue weighted by Gasteiger charge is -2.22. The number of rotatable bonds is 51. The van der Waals surface area contributed by atoms with E-state index >= 15 is 0 Å². The number of aliphatic hydroxyl groups excluding tert-OH is 2. The highest BCUT2D eigenvalue weighted by atomic mass is 16.5. The number of nitrogens with one attached hydrogen (secondary N) is 1. The summed E-state index contributed by atoms with van der Waals surface area (Å²) in [6.07, 6.45) is 64.2. The molecule has 0 saturated heterocycles. The maximum atomic E-state index is 12.4. The Balaban J connectivity index is 3.41. The van der Waals surface area contributed by atoms with Crippen LogP contribution in [0.25, 0.3) is 0 Å². The van der Waals surface area contributed by atoms with Crippen molar-refractivity contribution in [3.63, 3.8) is 0 Å². The number of hydrogen-bond donors (Lipinski definition) is 3. The van der Waals surface area contributed by atoms with E-state index in [1.807, 2.05) is 0 Å². The maximum absolute atomic E-state index is 12.4. The number of ether oxygens (including phenoxy) is 1. The van der Waals surface area contributed by atoms with E-state index in [1.54, 1.807) is 0 Å². The van der Waals surface area contributed by atoms with Gasteiger partial charge in [0.15, 0.2) is 0 Å². The predicted octanol–water partition coefficient (Wildman–Crippen LogP) is 16.9. The van der Waals surface area contributed by atoms with Crippen molar-refractivity contribution < 1.29 is 24.5 Å². The minimum atomic E-state index is -0.667. The van der Waals surface area contributed by atoms with Crippen LogP contribution < -0.4 is 5.32 Å². The second kappa shape index (κ2) is 52.7. The van der Waals surface area contributed by atoms with E-state index in [0.717, 1.165) is 51.4 Å². The zero-order chi connectivity index (χ0) is 45.8. The third-order valence-electron chi connectivity index (χ3n) is 12.6. The number of carbonyl (C=O) groups is 2. The summed E-state index contributed by atoms with van der Waals surface area (Å²) in [6.45, 7) is 4.87. The van der Waals surface area contributed by atoms with Crippen molar-refractivity contribution in [2.24, 2.45) is 0 Å². The number of unbranched alkanes of at least 4 members (excludes halogenated alkanes) is 34. The van der Waals surface area contributed by atoms with Gasteiger partial charge in [0.05, 0.1) is 25.4 Å². The van der Waals surface area contributed by atoms with Gasteiger partial charge in [-0.3, -0.25) is 9.59 Å². The van der Waals surface area contributed by atoms with Crippen molar-refractivity contribution in [2.75, 3.05) is 13.2 Å². The lowest BCUT2D eigenvalue weighted by Crippen LogP contribution is -2.45. The van der Waals surface area contributed by atoms with Crippen molar-refractivity contribution in [1.29, 1.82) is 0 Å². The highest BCUT2D eigenvalue weighted by Crippen LogP contribution is 2.16. The molecule has 0 fully saturated rings. The number of aliphatic hydroxyl groups is 2. The molecule has 2 unspecified atom stereocenters. The highest BCUT2D eigenvalue weighted by molar-refractivity contribution is 5.76. The van der Waals surface area contributed by atoms with Gasteiger partial charge in [-0.25, -0.2) is 0 Å². The molecule has 0 radical (unpaired) electrons. The largest absolute Gasteiger partial charge is 0.466 e.